The number of rotatable bonds is 7. The van der Waals surface area contributed by atoms with Crippen molar-refractivity contribution in [3.05, 3.63) is 89.0 Å². The molecule has 2 N–H and O–H groups in total. The first-order chi connectivity index (χ1) is 16.8. The second-order valence-electron chi connectivity index (χ2n) is 7.41. The van der Waals surface area contributed by atoms with Gasteiger partial charge in [-0.1, -0.05) is 30.3 Å². The Bertz CT molecular complexity index is 1230. The zero-order chi connectivity index (χ0) is 26.5. The number of alkyl halides is 6. The van der Waals surface area contributed by atoms with Crippen molar-refractivity contribution in [3.63, 3.8) is 0 Å². The van der Waals surface area contributed by atoms with Crippen molar-refractivity contribution < 1.29 is 45.5 Å². The summed E-state index contributed by atoms with van der Waals surface area (Å²) in [5.41, 5.74) is -2.28. The van der Waals surface area contributed by atoms with E-state index >= 15 is 0 Å². The molecule has 6 nitrogen and oxygen atoms in total. The van der Waals surface area contributed by atoms with Crippen LogP contribution in [0.1, 0.15) is 34.0 Å². The number of ether oxygens (including phenoxy) is 1. The molecule has 3 aromatic rings. The van der Waals surface area contributed by atoms with Gasteiger partial charge in [-0.15, -0.1) is 0 Å². The van der Waals surface area contributed by atoms with Gasteiger partial charge in [-0.2, -0.15) is 31.8 Å². The molecule has 190 valence electrons. The van der Waals surface area contributed by atoms with E-state index in [-0.39, 0.29) is 24.4 Å². The van der Waals surface area contributed by atoms with Crippen LogP contribution in [0, 0.1) is 0 Å². The van der Waals surface area contributed by atoms with Crippen LogP contribution < -0.4 is 20.4 Å². The molecule has 3 rings (SSSR count). The lowest BCUT2D eigenvalue weighted by molar-refractivity contribution is -0.143. The third kappa shape index (κ3) is 6.90. The maximum Gasteiger partial charge on any atom is 0.417 e. The number of carbonyl (C=O) groups is 2. The molecule has 0 unspecified atom stereocenters. The molecule has 0 saturated carbocycles. The Morgan fingerprint density at radius 2 is 1.50 bits per heavy atom. The molecule has 0 aliphatic rings. The van der Waals surface area contributed by atoms with Gasteiger partial charge in [0.05, 0.1) is 16.7 Å². The SMILES string of the molecule is CC(=O)NOc1cc(C(F)(F)F)cc(C(F)(F)F)c1C(=O)Nc1ccc(OCc2ccccc2)cc1. The lowest BCUT2D eigenvalue weighted by Crippen LogP contribution is -2.28. The molecule has 3 aromatic carbocycles. The van der Waals surface area contributed by atoms with Gasteiger partial charge in [-0.05, 0) is 42.0 Å². The number of hydrogen-bond acceptors (Lipinski definition) is 4. The fourth-order valence-electron chi connectivity index (χ4n) is 3.01. The number of halogens is 6. The Kier molecular flexibility index (Phi) is 7.76. The normalized spacial score (nSPS) is 11.5. The van der Waals surface area contributed by atoms with Gasteiger partial charge in [0, 0.05) is 12.6 Å². The molecular weight excluding hydrogens is 494 g/mol. The second kappa shape index (κ2) is 10.6. The quantitative estimate of drug-likeness (QED) is 0.302. The monoisotopic (exact) mass is 512 g/mol. The number of benzene rings is 3. The summed E-state index contributed by atoms with van der Waals surface area (Å²) in [5, 5.41) is 2.19. The molecule has 0 aromatic heterocycles. The molecule has 2 amide bonds. The molecule has 0 atom stereocenters. The second-order valence-corrected chi connectivity index (χ2v) is 7.41. The minimum atomic E-state index is -5.35. The van der Waals surface area contributed by atoms with Gasteiger partial charge in [-0.3, -0.25) is 9.59 Å². The highest BCUT2D eigenvalue weighted by molar-refractivity contribution is 6.07. The summed E-state index contributed by atoms with van der Waals surface area (Å²) < 4.78 is 86.2. The van der Waals surface area contributed by atoms with E-state index in [4.69, 9.17) is 4.74 Å². The van der Waals surface area contributed by atoms with Gasteiger partial charge in [0.1, 0.15) is 12.4 Å². The van der Waals surface area contributed by atoms with E-state index in [1.807, 2.05) is 30.3 Å². The summed E-state index contributed by atoms with van der Waals surface area (Å²) >= 11 is 0. The Hall–Kier alpha value is -4.22. The zero-order valence-electron chi connectivity index (χ0n) is 18.5. The van der Waals surface area contributed by atoms with Crippen LogP contribution in [0.2, 0.25) is 0 Å². The van der Waals surface area contributed by atoms with Crippen molar-refractivity contribution in [1.82, 2.24) is 5.48 Å². The lowest BCUT2D eigenvalue weighted by atomic mass is 10.0. The first-order valence-corrected chi connectivity index (χ1v) is 10.2. The summed E-state index contributed by atoms with van der Waals surface area (Å²) in [5.74, 6) is -3.06. The van der Waals surface area contributed by atoms with Crippen molar-refractivity contribution in [2.45, 2.75) is 25.9 Å². The highest BCUT2D eigenvalue weighted by Crippen LogP contribution is 2.41. The third-order valence-corrected chi connectivity index (χ3v) is 4.63. The van der Waals surface area contributed by atoms with E-state index in [1.165, 1.54) is 24.3 Å². The average Bonchev–Trinajstić information content (AvgIpc) is 2.81. The van der Waals surface area contributed by atoms with E-state index in [1.54, 1.807) is 5.48 Å². The molecule has 36 heavy (non-hydrogen) atoms. The lowest BCUT2D eigenvalue weighted by Gasteiger charge is -2.19. The van der Waals surface area contributed by atoms with E-state index < -0.39 is 46.6 Å². The number of carbonyl (C=O) groups excluding carboxylic acids is 2. The fraction of sp³-hybridized carbons (Fsp3) is 0.167. The predicted octanol–water partition coefficient (Wildman–Crippen LogP) is 5.99. The molecule has 0 heterocycles. The topological polar surface area (TPSA) is 76.7 Å². The molecule has 0 radical (unpaired) electrons. The van der Waals surface area contributed by atoms with Crippen LogP contribution in [0.25, 0.3) is 0 Å². The molecule has 0 fully saturated rings. The van der Waals surface area contributed by atoms with E-state index in [0.717, 1.165) is 12.5 Å². The van der Waals surface area contributed by atoms with Gasteiger partial charge in [0.25, 0.3) is 5.91 Å². The Labute approximate surface area is 200 Å². The van der Waals surface area contributed by atoms with E-state index in [0.29, 0.717) is 5.75 Å². The van der Waals surface area contributed by atoms with Crippen LogP contribution in [-0.4, -0.2) is 11.8 Å². The number of anilines is 1. The predicted molar refractivity (Wildman–Crippen MR) is 116 cm³/mol. The Morgan fingerprint density at radius 3 is 2.06 bits per heavy atom. The number of hydroxylamine groups is 1. The van der Waals surface area contributed by atoms with Gasteiger partial charge >= 0.3 is 12.4 Å². The highest BCUT2D eigenvalue weighted by atomic mass is 19.4. The highest BCUT2D eigenvalue weighted by Gasteiger charge is 2.42. The Balaban J connectivity index is 1.89. The first-order valence-electron chi connectivity index (χ1n) is 10.2. The minimum Gasteiger partial charge on any atom is -0.489 e. The third-order valence-electron chi connectivity index (χ3n) is 4.63. The minimum absolute atomic E-state index is 0.0329. The molecule has 0 saturated heterocycles. The maximum absolute atomic E-state index is 13.7. The number of amides is 2. The largest absolute Gasteiger partial charge is 0.489 e. The summed E-state index contributed by atoms with van der Waals surface area (Å²) in [6.07, 6.45) is -10.5. The maximum atomic E-state index is 13.7. The van der Waals surface area contributed by atoms with Crippen LogP contribution in [0.3, 0.4) is 0 Å². The van der Waals surface area contributed by atoms with Crippen molar-refractivity contribution in [2.24, 2.45) is 0 Å². The average molecular weight is 512 g/mol. The first kappa shape index (κ1) is 26.4. The molecule has 12 heteroatoms. The van der Waals surface area contributed by atoms with Gasteiger partial charge < -0.3 is 14.9 Å². The zero-order valence-corrected chi connectivity index (χ0v) is 18.5. The summed E-state index contributed by atoms with van der Waals surface area (Å²) in [7, 11) is 0. The summed E-state index contributed by atoms with van der Waals surface area (Å²) in [6.45, 7) is 1.16. The molecule has 0 aliphatic heterocycles. The van der Waals surface area contributed by atoms with E-state index in [9.17, 15) is 35.9 Å². The van der Waals surface area contributed by atoms with Crippen LogP contribution in [0.4, 0.5) is 32.0 Å². The number of hydrogen-bond donors (Lipinski definition) is 2. The standard InChI is InChI=1S/C24H18F6N2O4/c1-14(33)32-36-20-12-16(23(25,26)27)11-19(24(28,29)30)21(20)22(34)31-17-7-9-18(10-8-17)35-13-15-5-3-2-4-6-15/h2-12H,13H2,1H3,(H,31,34)(H,32,33). The molecule has 0 aliphatic carbocycles. The Morgan fingerprint density at radius 1 is 0.861 bits per heavy atom. The van der Waals surface area contributed by atoms with Gasteiger partial charge in [0.15, 0.2) is 5.75 Å². The number of nitrogens with one attached hydrogen (secondary N) is 2. The van der Waals surface area contributed by atoms with E-state index in [2.05, 4.69) is 10.2 Å². The van der Waals surface area contributed by atoms with Crippen molar-refractivity contribution >= 4 is 17.5 Å². The molecule has 0 spiro atoms. The van der Waals surface area contributed by atoms with Crippen molar-refractivity contribution in [1.29, 1.82) is 0 Å². The van der Waals surface area contributed by atoms with Crippen LogP contribution in [0.5, 0.6) is 11.5 Å². The van der Waals surface area contributed by atoms with Crippen LogP contribution >= 0.6 is 0 Å². The van der Waals surface area contributed by atoms with Gasteiger partial charge in [0.2, 0.25) is 5.91 Å². The summed E-state index contributed by atoms with van der Waals surface area (Å²) in [4.78, 5) is 28.6. The molecular formula is C24H18F6N2O4. The van der Waals surface area contributed by atoms with Crippen LogP contribution in [0.15, 0.2) is 66.7 Å². The summed E-state index contributed by atoms with van der Waals surface area (Å²) in [6, 6.07) is 14.8. The van der Waals surface area contributed by atoms with Crippen LogP contribution in [-0.2, 0) is 23.8 Å². The van der Waals surface area contributed by atoms with Crippen molar-refractivity contribution in [2.75, 3.05) is 5.32 Å². The fourth-order valence-corrected chi connectivity index (χ4v) is 3.01. The van der Waals surface area contributed by atoms with Gasteiger partial charge in [-0.25, -0.2) is 0 Å². The smallest absolute Gasteiger partial charge is 0.417 e. The van der Waals surface area contributed by atoms with Crippen molar-refractivity contribution in [3.8, 4) is 11.5 Å². The molecule has 0 bridgehead atoms.